The number of nitrogen functional groups attached to an aromatic ring is 1. The summed E-state index contributed by atoms with van der Waals surface area (Å²) in [5.74, 6) is 0.158. The van der Waals surface area contributed by atoms with Crippen LogP contribution in [0.15, 0.2) is 53.4 Å². The maximum absolute atomic E-state index is 12.8. The van der Waals surface area contributed by atoms with Crippen molar-refractivity contribution in [1.82, 2.24) is 0 Å². The van der Waals surface area contributed by atoms with Gasteiger partial charge in [-0.3, -0.25) is 4.79 Å². The van der Waals surface area contributed by atoms with Crippen LogP contribution in [0.25, 0.3) is 0 Å². The molecule has 1 aliphatic rings. The van der Waals surface area contributed by atoms with Gasteiger partial charge in [0, 0.05) is 17.1 Å². The van der Waals surface area contributed by atoms with Crippen molar-refractivity contribution in [3.63, 3.8) is 0 Å². The number of rotatable bonds is 3. The van der Waals surface area contributed by atoms with E-state index in [1.165, 1.54) is 0 Å². The number of carbonyl (C=O) groups excluding carboxylic acids is 1. The smallest absolute Gasteiger partial charge is 0.245 e. The van der Waals surface area contributed by atoms with Gasteiger partial charge >= 0.3 is 0 Å². The summed E-state index contributed by atoms with van der Waals surface area (Å²) in [6.45, 7) is 2.82. The molecule has 0 saturated carbocycles. The van der Waals surface area contributed by atoms with Crippen LogP contribution in [0.1, 0.15) is 24.2 Å². The zero-order chi connectivity index (χ0) is 14.8. The molecule has 2 aromatic carbocycles. The lowest BCUT2D eigenvalue weighted by Gasteiger charge is -2.34. The maximum Gasteiger partial charge on any atom is 0.245 e. The quantitative estimate of drug-likeness (QED) is 0.875. The highest BCUT2D eigenvalue weighted by molar-refractivity contribution is 8.00. The minimum atomic E-state index is -0.188. The number of benzene rings is 2. The topological polar surface area (TPSA) is 46.3 Å². The Morgan fingerprint density at radius 2 is 1.95 bits per heavy atom. The Hall–Kier alpha value is -1.94. The van der Waals surface area contributed by atoms with E-state index in [0.717, 1.165) is 34.8 Å². The molecule has 3 nitrogen and oxygen atoms in total. The second kappa shape index (κ2) is 5.82. The van der Waals surface area contributed by atoms with Crippen LogP contribution in [-0.2, 0) is 4.79 Å². The van der Waals surface area contributed by atoms with Crippen LogP contribution in [0.2, 0.25) is 0 Å². The van der Waals surface area contributed by atoms with Crippen LogP contribution < -0.4 is 10.6 Å². The average molecular weight is 298 g/mol. The molecule has 108 valence electrons. The summed E-state index contributed by atoms with van der Waals surface area (Å²) >= 11 is 1.59. The summed E-state index contributed by atoms with van der Waals surface area (Å²) < 4.78 is 0. The Labute approximate surface area is 129 Å². The fourth-order valence-corrected chi connectivity index (χ4v) is 3.86. The minimum absolute atomic E-state index is 0.158. The molecule has 1 unspecified atom stereocenters. The molecule has 2 N–H and O–H groups in total. The molecule has 0 bridgehead atoms. The Kier molecular flexibility index (Phi) is 3.88. The van der Waals surface area contributed by atoms with Gasteiger partial charge < -0.3 is 10.6 Å². The van der Waals surface area contributed by atoms with Crippen LogP contribution in [0.3, 0.4) is 0 Å². The first-order valence-electron chi connectivity index (χ1n) is 7.13. The first-order valence-corrected chi connectivity index (χ1v) is 8.01. The lowest BCUT2D eigenvalue weighted by Crippen LogP contribution is -2.37. The number of nitrogens with two attached hydrogens (primary N) is 1. The van der Waals surface area contributed by atoms with Crippen LogP contribution in [0.4, 0.5) is 11.4 Å². The predicted octanol–water partition coefficient (Wildman–Crippen LogP) is 3.86. The van der Waals surface area contributed by atoms with E-state index in [1.807, 2.05) is 53.4 Å². The first-order chi connectivity index (χ1) is 10.2. The second-order valence-electron chi connectivity index (χ2n) is 5.13. The first kappa shape index (κ1) is 14.0. The van der Waals surface area contributed by atoms with Crippen LogP contribution >= 0.6 is 11.8 Å². The van der Waals surface area contributed by atoms with E-state index in [1.54, 1.807) is 11.8 Å². The van der Waals surface area contributed by atoms with Crippen molar-refractivity contribution in [3.05, 3.63) is 54.1 Å². The normalized spacial score (nSPS) is 17.7. The van der Waals surface area contributed by atoms with E-state index in [9.17, 15) is 4.79 Å². The van der Waals surface area contributed by atoms with Gasteiger partial charge in [-0.1, -0.05) is 37.3 Å². The van der Waals surface area contributed by atoms with Crippen molar-refractivity contribution < 1.29 is 4.79 Å². The highest BCUT2D eigenvalue weighted by Crippen LogP contribution is 2.47. The molecule has 21 heavy (non-hydrogen) atoms. The van der Waals surface area contributed by atoms with Gasteiger partial charge in [0.05, 0.1) is 5.69 Å². The maximum atomic E-state index is 12.8. The number of anilines is 2. The van der Waals surface area contributed by atoms with E-state index >= 15 is 0 Å². The van der Waals surface area contributed by atoms with Gasteiger partial charge in [0.2, 0.25) is 5.91 Å². The Morgan fingerprint density at radius 3 is 2.67 bits per heavy atom. The molecule has 0 saturated heterocycles. The van der Waals surface area contributed by atoms with Crippen LogP contribution in [-0.4, -0.2) is 12.5 Å². The molecule has 3 rings (SSSR count). The summed E-state index contributed by atoms with van der Waals surface area (Å²) in [4.78, 5) is 15.8. The van der Waals surface area contributed by atoms with E-state index in [2.05, 4.69) is 6.92 Å². The molecule has 1 atom stereocenters. The number of hydrogen-bond acceptors (Lipinski definition) is 3. The van der Waals surface area contributed by atoms with Crippen molar-refractivity contribution in [2.75, 3.05) is 17.2 Å². The van der Waals surface area contributed by atoms with Crippen molar-refractivity contribution in [3.8, 4) is 0 Å². The third-order valence-electron chi connectivity index (χ3n) is 3.56. The van der Waals surface area contributed by atoms with Crippen molar-refractivity contribution in [1.29, 1.82) is 0 Å². The van der Waals surface area contributed by atoms with Crippen molar-refractivity contribution >= 4 is 29.0 Å². The number of thioether (sulfide) groups is 1. The van der Waals surface area contributed by atoms with Gasteiger partial charge in [0.1, 0.15) is 5.25 Å². The highest BCUT2D eigenvalue weighted by atomic mass is 32.2. The number of carbonyl (C=O) groups is 1. The van der Waals surface area contributed by atoms with E-state index in [0.29, 0.717) is 0 Å². The van der Waals surface area contributed by atoms with Gasteiger partial charge in [-0.25, -0.2) is 0 Å². The molecular weight excluding hydrogens is 280 g/mol. The van der Waals surface area contributed by atoms with Gasteiger partial charge in [-0.05, 0) is 30.2 Å². The summed E-state index contributed by atoms with van der Waals surface area (Å²) in [5.41, 5.74) is 8.66. The summed E-state index contributed by atoms with van der Waals surface area (Å²) in [6, 6.07) is 15.7. The third kappa shape index (κ3) is 2.63. The molecule has 4 heteroatoms. The molecule has 1 heterocycles. The molecule has 0 radical (unpaired) electrons. The standard InChI is InChI=1S/C17H18N2OS/c1-2-10-19-14-9-8-13(18)11-15(14)21-16(17(19)20)12-6-4-3-5-7-12/h3-9,11,16H,2,10,18H2,1H3. The zero-order valence-electron chi connectivity index (χ0n) is 12.0. The molecule has 0 aromatic heterocycles. The van der Waals surface area contributed by atoms with Gasteiger partial charge in [-0.15, -0.1) is 11.8 Å². The number of hydrogen-bond donors (Lipinski definition) is 1. The Balaban J connectivity index is 2.05. The van der Waals surface area contributed by atoms with Crippen molar-refractivity contribution in [2.24, 2.45) is 0 Å². The van der Waals surface area contributed by atoms with Crippen LogP contribution in [0, 0.1) is 0 Å². The molecule has 2 aromatic rings. The summed E-state index contributed by atoms with van der Waals surface area (Å²) in [7, 11) is 0. The lowest BCUT2D eigenvalue weighted by atomic mass is 10.1. The molecular formula is C17H18N2OS. The lowest BCUT2D eigenvalue weighted by molar-refractivity contribution is -0.118. The SMILES string of the molecule is CCCN1C(=O)C(c2ccccc2)Sc2cc(N)ccc21. The number of fused-ring (bicyclic) bond motifs is 1. The largest absolute Gasteiger partial charge is 0.399 e. The monoisotopic (exact) mass is 298 g/mol. The average Bonchev–Trinajstić information content (AvgIpc) is 2.51. The number of amides is 1. The molecule has 0 fully saturated rings. The fraction of sp³-hybridized carbons (Fsp3) is 0.235. The third-order valence-corrected chi connectivity index (χ3v) is 4.85. The van der Waals surface area contributed by atoms with Gasteiger partial charge in [-0.2, -0.15) is 0 Å². The van der Waals surface area contributed by atoms with Gasteiger partial charge in [0.15, 0.2) is 0 Å². The highest BCUT2D eigenvalue weighted by Gasteiger charge is 2.34. The Morgan fingerprint density at radius 1 is 1.19 bits per heavy atom. The van der Waals surface area contributed by atoms with Crippen LogP contribution in [0.5, 0.6) is 0 Å². The molecule has 0 aliphatic carbocycles. The predicted molar refractivity (Wildman–Crippen MR) is 88.5 cm³/mol. The summed E-state index contributed by atoms with van der Waals surface area (Å²) in [6.07, 6.45) is 0.932. The minimum Gasteiger partial charge on any atom is -0.399 e. The molecule has 0 spiro atoms. The summed E-state index contributed by atoms with van der Waals surface area (Å²) in [5, 5.41) is -0.188. The van der Waals surface area contributed by atoms with E-state index in [-0.39, 0.29) is 11.2 Å². The van der Waals surface area contributed by atoms with Crippen molar-refractivity contribution in [2.45, 2.75) is 23.5 Å². The molecule has 1 aliphatic heterocycles. The van der Waals surface area contributed by atoms with Gasteiger partial charge in [0.25, 0.3) is 0 Å². The van der Waals surface area contributed by atoms with E-state index in [4.69, 9.17) is 5.73 Å². The fourth-order valence-electron chi connectivity index (χ4n) is 2.58. The molecule has 1 amide bonds. The zero-order valence-corrected chi connectivity index (χ0v) is 12.8. The second-order valence-corrected chi connectivity index (χ2v) is 6.27. The van der Waals surface area contributed by atoms with E-state index < -0.39 is 0 Å². The Bertz CT molecular complexity index is 657. The number of nitrogens with zero attached hydrogens (tertiary/aromatic N) is 1.